The summed E-state index contributed by atoms with van der Waals surface area (Å²) in [6.45, 7) is -0.386. The molecule has 142 valence electrons. The van der Waals surface area contributed by atoms with E-state index in [-0.39, 0.29) is 17.5 Å². The smallest absolute Gasteiger partial charge is 0.312 e. The minimum Gasteiger partial charge on any atom is -0.455 e. The first-order valence-corrected chi connectivity index (χ1v) is 9.92. The SMILES string of the molecule is N#Cc1ccc(Cl)cc1NC(=O)COC(=O)C12C[C@H]3C[C@@H](CC(Cl)(C3)C1)C2. The third-order valence-electron chi connectivity index (χ3n) is 6.13. The van der Waals surface area contributed by atoms with Gasteiger partial charge >= 0.3 is 5.97 Å². The van der Waals surface area contributed by atoms with Gasteiger partial charge in [-0.3, -0.25) is 9.59 Å². The average Bonchev–Trinajstić information content (AvgIpc) is 2.57. The Kier molecular flexibility index (Phi) is 4.60. The second kappa shape index (κ2) is 6.68. The fourth-order valence-electron chi connectivity index (χ4n) is 5.58. The van der Waals surface area contributed by atoms with Gasteiger partial charge in [-0.2, -0.15) is 5.26 Å². The van der Waals surface area contributed by atoms with Gasteiger partial charge in [-0.05, 0) is 68.6 Å². The van der Waals surface area contributed by atoms with Crippen molar-refractivity contribution in [1.82, 2.24) is 0 Å². The van der Waals surface area contributed by atoms with E-state index in [0.29, 0.717) is 34.5 Å². The summed E-state index contributed by atoms with van der Waals surface area (Å²) >= 11 is 12.7. The van der Waals surface area contributed by atoms with Crippen molar-refractivity contribution in [3.63, 3.8) is 0 Å². The molecular weight excluding hydrogens is 387 g/mol. The van der Waals surface area contributed by atoms with E-state index >= 15 is 0 Å². The summed E-state index contributed by atoms with van der Waals surface area (Å²) in [7, 11) is 0. The van der Waals surface area contributed by atoms with Crippen molar-refractivity contribution in [1.29, 1.82) is 5.26 Å². The summed E-state index contributed by atoms with van der Waals surface area (Å²) in [5.41, 5.74) is 0.0600. The monoisotopic (exact) mass is 406 g/mol. The highest BCUT2D eigenvalue weighted by molar-refractivity contribution is 6.31. The normalized spacial score (nSPS) is 33.4. The molecule has 4 aliphatic carbocycles. The number of rotatable bonds is 4. The minimum absolute atomic E-state index is 0.284. The molecule has 1 amide bonds. The number of amides is 1. The van der Waals surface area contributed by atoms with E-state index in [1.807, 2.05) is 6.07 Å². The fourth-order valence-corrected chi connectivity index (χ4v) is 6.44. The maximum absolute atomic E-state index is 12.8. The van der Waals surface area contributed by atoms with Crippen molar-refractivity contribution in [3.05, 3.63) is 28.8 Å². The van der Waals surface area contributed by atoms with E-state index in [2.05, 4.69) is 5.32 Å². The summed E-state index contributed by atoms with van der Waals surface area (Å²) in [5.74, 6) is 0.153. The summed E-state index contributed by atoms with van der Waals surface area (Å²) in [5, 5.41) is 12.1. The molecule has 27 heavy (non-hydrogen) atoms. The maximum atomic E-state index is 12.8. The Labute approximate surface area is 168 Å². The summed E-state index contributed by atoms with van der Waals surface area (Å²) < 4.78 is 5.38. The molecule has 5 nitrogen and oxygen atoms in total. The Morgan fingerprint density at radius 2 is 1.96 bits per heavy atom. The zero-order valence-electron chi connectivity index (χ0n) is 14.8. The van der Waals surface area contributed by atoms with Crippen LogP contribution in [0.2, 0.25) is 5.02 Å². The topological polar surface area (TPSA) is 79.2 Å². The van der Waals surface area contributed by atoms with Crippen LogP contribution in [0.15, 0.2) is 18.2 Å². The number of nitrogens with one attached hydrogen (secondary N) is 1. The Bertz CT molecular complexity index is 834. The molecule has 1 N–H and O–H groups in total. The molecule has 0 spiro atoms. The predicted octanol–water partition coefficient (Wildman–Crippen LogP) is 4.27. The lowest BCUT2D eigenvalue weighted by Crippen LogP contribution is -2.56. The highest BCUT2D eigenvalue weighted by Crippen LogP contribution is 2.64. The van der Waals surface area contributed by atoms with Crippen LogP contribution in [0.4, 0.5) is 5.69 Å². The van der Waals surface area contributed by atoms with Crippen LogP contribution in [0, 0.1) is 28.6 Å². The van der Waals surface area contributed by atoms with Gasteiger partial charge in [0, 0.05) is 9.90 Å². The first-order valence-electron chi connectivity index (χ1n) is 9.17. The molecule has 4 bridgehead atoms. The maximum Gasteiger partial charge on any atom is 0.312 e. The fraction of sp³-hybridized carbons (Fsp3) is 0.550. The van der Waals surface area contributed by atoms with E-state index in [0.717, 1.165) is 32.1 Å². The van der Waals surface area contributed by atoms with Gasteiger partial charge in [-0.25, -0.2) is 0 Å². The number of carbonyl (C=O) groups excluding carboxylic acids is 2. The van der Waals surface area contributed by atoms with E-state index in [9.17, 15) is 9.59 Å². The number of carbonyl (C=O) groups is 2. The minimum atomic E-state index is -0.542. The van der Waals surface area contributed by atoms with E-state index in [4.69, 9.17) is 33.2 Å². The molecule has 1 aromatic carbocycles. The highest BCUT2D eigenvalue weighted by Gasteiger charge is 2.60. The highest BCUT2D eigenvalue weighted by atomic mass is 35.5. The molecule has 1 aromatic rings. The molecule has 0 radical (unpaired) electrons. The largest absolute Gasteiger partial charge is 0.455 e. The van der Waals surface area contributed by atoms with Gasteiger partial charge in [0.25, 0.3) is 5.91 Å². The number of esters is 1. The molecule has 4 fully saturated rings. The van der Waals surface area contributed by atoms with Crippen molar-refractivity contribution in [2.24, 2.45) is 17.3 Å². The summed E-state index contributed by atoms with van der Waals surface area (Å²) in [6, 6.07) is 6.59. The van der Waals surface area contributed by atoms with Gasteiger partial charge < -0.3 is 10.1 Å². The van der Waals surface area contributed by atoms with Gasteiger partial charge in [0.1, 0.15) is 6.07 Å². The van der Waals surface area contributed by atoms with E-state index in [1.165, 1.54) is 12.1 Å². The van der Waals surface area contributed by atoms with Gasteiger partial charge in [-0.1, -0.05) is 11.6 Å². The zero-order valence-corrected chi connectivity index (χ0v) is 16.3. The van der Waals surface area contributed by atoms with Crippen LogP contribution in [0.5, 0.6) is 0 Å². The predicted molar refractivity (Wildman–Crippen MR) is 101 cm³/mol. The Morgan fingerprint density at radius 3 is 2.59 bits per heavy atom. The third kappa shape index (κ3) is 3.53. The number of alkyl halides is 1. The molecule has 0 heterocycles. The number of hydrogen-bond acceptors (Lipinski definition) is 4. The summed E-state index contributed by atoms with van der Waals surface area (Å²) in [4.78, 5) is 24.8. The number of halogens is 2. The van der Waals surface area contributed by atoms with Crippen LogP contribution in [0.1, 0.15) is 44.1 Å². The van der Waals surface area contributed by atoms with Gasteiger partial charge in [0.15, 0.2) is 6.61 Å². The lowest BCUT2D eigenvalue weighted by molar-refractivity contribution is -0.171. The van der Waals surface area contributed by atoms with Crippen LogP contribution in [0.25, 0.3) is 0 Å². The number of nitriles is 1. The number of nitrogens with zero attached hydrogens (tertiary/aromatic N) is 1. The quantitative estimate of drug-likeness (QED) is 0.597. The average molecular weight is 407 g/mol. The molecule has 4 saturated carbocycles. The zero-order chi connectivity index (χ0) is 19.2. The van der Waals surface area contributed by atoms with Crippen molar-refractivity contribution in [2.75, 3.05) is 11.9 Å². The summed E-state index contributed by atoms with van der Waals surface area (Å²) in [6.07, 6.45) is 5.37. The second-order valence-electron chi connectivity index (χ2n) is 8.32. The second-order valence-corrected chi connectivity index (χ2v) is 9.56. The first kappa shape index (κ1) is 18.6. The lowest BCUT2D eigenvalue weighted by atomic mass is 9.49. The number of anilines is 1. The molecule has 0 saturated heterocycles. The van der Waals surface area contributed by atoms with Crippen LogP contribution in [-0.4, -0.2) is 23.4 Å². The van der Waals surface area contributed by atoms with Crippen molar-refractivity contribution >= 4 is 40.8 Å². The Morgan fingerprint density at radius 1 is 1.26 bits per heavy atom. The lowest BCUT2D eigenvalue weighted by Gasteiger charge is -2.58. The molecule has 2 atom stereocenters. The molecular formula is C20H20Cl2N2O3. The van der Waals surface area contributed by atoms with Crippen molar-refractivity contribution < 1.29 is 14.3 Å². The standard InChI is InChI=1S/C20H20Cl2N2O3/c21-15-2-1-14(9-23)16(4-15)24-17(25)10-27-18(26)19-5-12-3-13(6-19)8-20(22,7-12)11-19/h1-2,4,12-13H,3,5-8,10-11H2,(H,24,25)/t12-,13-,19?,20?/m1/s1. The number of ether oxygens (including phenoxy) is 1. The van der Waals surface area contributed by atoms with Gasteiger partial charge in [-0.15, -0.1) is 11.6 Å². The van der Waals surface area contributed by atoms with Crippen LogP contribution in [-0.2, 0) is 14.3 Å². The molecule has 0 unspecified atom stereocenters. The van der Waals surface area contributed by atoms with Crippen LogP contribution >= 0.6 is 23.2 Å². The Balaban J connectivity index is 1.39. The van der Waals surface area contributed by atoms with Crippen molar-refractivity contribution in [3.8, 4) is 6.07 Å². The van der Waals surface area contributed by atoms with E-state index in [1.54, 1.807) is 6.07 Å². The van der Waals surface area contributed by atoms with Gasteiger partial charge in [0.05, 0.1) is 16.7 Å². The van der Waals surface area contributed by atoms with Crippen molar-refractivity contribution in [2.45, 2.75) is 43.4 Å². The third-order valence-corrected chi connectivity index (χ3v) is 6.81. The molecule has 5 rings (SSSR count). The Hall–Kier alpha value is -1.77. The molecule has 4 aliphatic rings. The molecule has 0 aromatic heterocycles. The van der Waals surface area contributed by atoms with E-state index < -0.39 is 11.3 Å². The molecule has 7 heteroatoms. The van der Waals surface area contributed by atoms with Crippen LogP contribution in [0.3, 0.4) is 0 Å². The first-order chi connectivity index (χ1) is 12.8. The number of benzene rings is 1. The number of hydrogen-bond donors (Lipinski definition) is 1. The molecule has 0 aliphatic heterocycles. The van der Waals surface area contributed by atoms with Crippen LogP contribution < -0.4 is 5.32 Å². The van der Waals surface area contributed by atoms with Gasteiger partial charge in [0.2, 0.25) is 0 Å².